The summed E-state index contributed by atoms with van der Waals surface area (Å²) in [7, 11) is 0. The second-order valence-electron chi connectivity index (χ2n) is 9.01. The largest absolute Gasteiger partial charge is 0.355 e. The highest BCUT2D eigenvalue weighted by Gasteiger charge is 2.30. The molecule has 0 spiro atoms. The summed E-state index contributed by atoms with van der Waals surface area (Å²) < 4.78 is 0. The average Bonchev–Trinajstić information content (AvgIpc) is 2.92. The Labute approximate surface area is 228 Å². The van der Waals surface area contributed by atoms with Gasteiger partial charge in [0.15, 0.2) is 0 Å². The van der Waals surface area contributed by atoms with E-state index in [2.05, 4.69) is 29.6 Å². The maximum absolute atomic E-state index is 13.8. The highest BCUT2D eigenvalue weighted by molar-refractivity contribution is 6.42. The van der Waals surface area contributed by atoms with Crippen LogP contribution in [0.15, 0.2) is 91.0 Å². The molecule has 4 aromatic rings. The third-order valence-electron chi connectivity index (χ3n) is 6.45. The van der Waals surface area contributed by atoms with Gasteiger partial charge in [-0.1, -0.05) is 102 Å². The molecule has 0 unspecified atom stereocenters. The number of benzene rings is 4. The number of halogens is 2. The van der Waals surface area contributed by atoms with Gasteiger partial charge in [-0.3, -0.25) is 9.59 Å². The first-order chi connectivity index (χ1) is 18.0. The molecule has 0 aliphatic carbocycles. The van der Waals surface area contributed by atoms with E-state index < -0.39 is 6.04 Å². The van der Waals surface area contributed by atoms with E-state index in [0.29, 0.717) is 29.4 Å². The van der Waals surface area contributed by atoms with Crippen molar-refractivity contribution in [3.63, 3.8) is 0 Å². The summed E-state index contributed by atoms with van der Waals surface area (Å²) in [5.41, 5.74) is 2.91. The van der Waals surface area contributed by atoms with Crippen LogP contribution in [0.25, 0.3) is 10.8 Å². The Morgan fingerprint density at radius 1 is 0.838 bits per heavy atom. The molecular weight excluding hydrogens is 503 g/mol. The van der Waals surface area contributed by atoms with Crippen molar-refractivity contribution in [2.45, 2.75) is 38.8 Å². The summed E-state index contributed by atoms with van der Waals surface area (Å²) in [5.74, 6) is -0.267. The number of aryl methyl sites for hydroxylation is 1. The van der Waals surface area contributed by atoms with Gasteiger partial charge in [0.1, 0.15) is 6.04 Å². The second-order valence-corrected chi connectivity index (χ2v) is 9.82. The third-order valence-corrected chi connectivity index (χ3v) is 7.19. The molecule has 0 saturated heterocycles. The molecule has 0 aromatic heterocycles. The molecule has 0 aliphatic rings. The Hall–Kier alpha value is -3.34. The fourth-order valence-corrected chi connectivity index (χ4v) is 4.90. The minimum atomic E-state index is -0.670. The lowest BCUT2D eigenvalue weighted by atomic mass is 9.99. The first-order valence-corrected chi connectivity index (χ1v) is 13.2. The van der Waals surface area contributed by atoms with Crippen molar-refractivity contribution < 1.29 is 9.59 Å². The standard InChI is InChI=1S/C31H30Cl2N2O2/c1-2-34-31(37)29(20-22-9-4-3-5-10-22)35(21-23-15-17-27(32)28(33)19-23)30(36)18-16-25-13-8-12-24-11-6-7-14-26(24)25/h3-15,17,19,29H,2,16,18,20-21H2,1H3,(H,34,37)/t29-/m0/s1. The molecule has 1 N–H and O–H groups in total. The molecule has 0 bridgehead atoms. The van der Waals surface area contributed by atoms with Gasteiger partial charge < -0.3 is 10.2 Å². The van der Waals surface area contributed by atoms with Crippen molar-refractivity contribution in [3.8, 4) is 0 Å². The number of carbonyl (C=O) groups is 2. The van der Waals surface area contributed by atoms with Crippen molar-refractivity contribution >= 4 is 45.8 Å². The van der Waals surface area contributed by atoms with Crippen molar-refractivity contribution in [1.29, 1.82) is 0 Å². The highest BCUT2D eigenvalue weighted by Crippen LogP contribution is 2.25. The van der Waals surface area contributed by atoms with E-state index in [4.69, 9.17) is 23.2 Å². The van der Waals surface area contributed by atoms with Crippen LogP contribution in [0, 0.1) is 0 Å². The molecule has 4 aromatic carbocycles. The van der Waals surface area contributed by atoms with Gasteiger partial charge >= 0.3 is 0 Å². The number of carbonyl (C=O) groups excluding carboxylic acids is 2. The van der Waals surface area contributed by atoms with Crippen LogP contribution in [0.4, 0.5) is 0 Å². The summed E-state index contributed by atoms with van der Waals surface area (Å²) in [4.78, 5) is 28.8. The van der Waals surface area contributed by atoms with Gasteiger partial charge in [-0.15, -0.1) is 0 Å². The smallest absolute Gasteiger partial charge is 0.243 e. The van der Waals surface area contributed by atoms with Crippen LogP contribution >= 0.6 is 23.2 Å². The molecule has 0 radical (unpaired) electrons. The number of fused-ring (bicyclic) bond motifs is 1. The van der Waals surface area contributed by atoms with Crippen molar-refractivity contribution in [3.05, 3.63) is 118 Å². The molecule has 0 fully saturated rings. The fourth-order valence-electron chi connectivity index (χ4n) is 4.58. The van der Waals surface area contributed by atoms with Gasteiger partial charge in [-0.05, 0) is 52.9 Å². The molecule has 0 saturated carbocycles. The van der Waals surface area contributed by atoms with E-state index in [9.17, 15) is 9.59 Å². The predicted octanol–water partition coefficient (Wildman–Crippen LogP) is 6.86. The summed E-state index contributed by atoms with van der Waals surface area (Å²) in [5, 5.41) is 6.07. The number of likely N-dealkylation sites (N-methyl/N-ethyl adjacent to an activating group) is 1. The minimum Gasteiger partial charge on any atom is -0.355 e. The first-order valence-electron chi connectivity index (χ1n) is 12.5. The summed E-state index contributed by atoms with van der Waals surface area (Å²) in [6.45, 7) is 2.61. The average molecular weight is 533 g/mol. The van der Waals surface area contributed by atoms with Crippen LogP contribution in [-0.4, -0.2) is 29.3 Å². The summed E-state index contributed by atoms with van der Waals surface area (Å²) in [6.07, 6.45) is 1.26. The molecule has 190 valence electrons. The van der Waals surface area contributed by atoms with Gasteiger partial charge in [-0.25, -0.2) is 0 Å². The number of nitrogens with one attached hydrogen (secondary N) is 1. The molecule has 6 heteroatoms. The van der Waals surface area contributed by atoms with Crippen LogP contribution < -0.4 is 5.32 Å². The van der Waals surface area contributed by atoms with Gasteiger partial charge in [0.2, 0.25) is 11.8 Å². The molecule has 37 heavy (non-hydrogen) atoms. The lowest BCUT2D eigenvalue weighted by Gasteiger charge is -2.31. The quantitative estimate of drug-likeness (QED) is 0.242. The Morgan fingerprint density at radius 3 is 2.32 bits per heavy atom. The van der Waals surface area contributed by atoms with Gasteiger partial charge in [0.05, 0.1) is 10.0 Å². The number of amides is 2. The van der Waals surface area contributed by atoms with Crippen LogP contribution in [0.1, 0.15) is 30.0 Å². The third kappa shape index (κ3) is 6.91. The number of hydrogen-bond donors (Lipinski definition) is 1. The zero-order valence-electron chi connectivity index (χ0n) is 20.8. The molecule has 4 rings (SSSR count). The Kier molecular flexibility index (Phi) is 9.21. The molecule has 1 atom stereocenters. The van der Waals surface area contributed by atoms with Gasteiger partial charge in [0.25, 0.3) is 0 Å². The van der Waals surface area contributed by atoms with Crippen LogP contribution in [0.3, 0.4) is 0 Å². The monoisotopic (exact) mass is 532 g/mol. The van der Waals surface area contributed by atoms with Crippen molar-refractivity contribution in [2.75, 3.05) is 6.54 Å². The van der Waals surface area contributed by atoms with Crippen molar-refractivity contribution in [1.82, 2.24) is 10.2 Å². The molecule has 0 heterocycles. The normalized spacial score (nSPS) is 11.8. The number of hydrogen-bond acceptors (Lipinski definition) is 2. The Morgan fingerprint density at radius 2 is 1.57 bits per heavy atom. The minimum absolute atomic E-state index is 0.0915. The van der Waals surface area contributed by atoms with Crippen LogP contribution in [-0.2, 0) is 29.0 Å². The lowest BCUT2D eigenvalue weighted by molar-refractivity contribution is -0.141. The topological polar surface area (TPSA) is 49.4 Å². The van der Waals surface area contributed by atoms with E-state index in [1.807, 2.05) is 61.5 Å². The Bertz CT molecular complexity index is 1370. The molecule has 2 amide bonds. The fraction of sp³-hybridized carbons (Fsp3) is 0.226. The maximum atomic E-state index is 13.8. The molecule has 0 aliphatic heterocycles. The van der Waals surface area contributed by atoms with Gasteiger partial charge in [0, 0.05) is 25.9 Å². The van der Waals surface area contributed by atoms with E-state index >= 15 is 0 Å². The summed E-state index contributed by atoms with van der Waals surface area (Å²) >= 11 is 12.4. The van der Waals surface area contributed by atoms with Gasteiger partial charge in [-0.2, -0.15) is 0 Å². The second kappa shape index (κ2) is 12.8. The van der Waals surface area contributed by atoms with Crippen LogP contribution in [0.2, 0.25) is 10.0 Å². The van der Waals surface area contributed by atoms with Crippen molar-refractivity contribution in [2.24, 2.45) is 0 Å². The van der Waals surface area contributed by atoms with E-state index in [1.165, 1.54) is 0 Å². The maximum Gasteiger partial charge on any atom is 0.243 e. The van der Waals surface area contributed by atoms with Crippen LogP contribution in [0.5, 0.6) is 0 Å². The Balaban J connectivity index is 1.64. The zero-order chi connectivity index (χ0) is 26.2. The summed E-state index contributed by atoms with van der Waals surface area (Å²) in [6, 6.07) is 28.7. The lowest BCUT2D eigenvalue weighted by Crippen LogP contribution is -2.50. The molecular formula is C31H30Cl2N2O2. The first kappa shape index (κ1) is 26.7. The molecule has 4 nitrogen and oxygen atoms in total. The van der Waals surface area contributed by atoms with E-state index in [0.717, 1.165) is 27.5 Å². The zero-order valence-corrected chi connectivity index (χ0v) is 22.3. The van der Waals surface area contributed by atoms with E-state index in [1.54, 1.807) is 17.0 Å². The number of nitrogens with zero attached hydrogens (tertiary/aromatic N) is 1. The predicted molar refractivity (Wildman–Crippen MR) is 152 cm³/mol. The SMILES string of the molecule is CCNC(=O)[C@H](Cc1ccccc1)N(Cc1ccc(Cl)c(Cl)c1)C(=O)CCc1cccc2ccccc12. The van der Waals surface area contributed by atoms with E-state index in [-0.39, 0.29) is 24.8 Å². The highest BCUT2D eigenvalue weighted by atomic mass is 35.5. The number of rotatable bonds is 10.